The second-order valence-electron chi connectivity index (χ2n) is 7.66. The molecule has 2 fully saturated rings. The smallest absolute Gasteiger partial charge is 0.207 e. The van der Waals surface area contributed by atoms with Gasteiger partial charge in [0.05, 0.1) is 4.90 Å². The molecule has 1 aromatic heterocycles. The molecule has 2 aromatic rings. The maximum atomic E-state index is 12.9. The van der Waals surface area contributed by atoms with E-state index in [0.29, 0.717) is 16.7 Å². The predicted molar refractivity (Wildman–Crippen MR) is 109 cm³/mol. The third-order valence-electron chi connectivity index (χ3n) is 5.90. The van der Waals surface area contributed by atoms with E-state index in [9.17, 15) is 8.42 Å². The van der Waals surface area contributed by atoms with Gasteiger partial charge < -0.3 is 0 Å². The maximum absolute atomic E-state index is 12.9. The first-order chi connectivity index (χ1) is 13.5. The van der Waals surface area contributed by atoms with Crippen molar-refractivity contribution in [2.75, 3.05) is 0 Å². The number of aromatic amines is 1. The number of benzene rings is 1. The highest BCUT2D eigenvalue weighted by Gasteiger charge is 2.47. The van der Waals surface area contributed by atoms with Crippen LogP contribution >= 0.6 is 15.9 Å². The third kappa shape index (κ3) is 4.36. The van der Waals surface area contributed by atoms with Crippen molar-refractivity contribution >= 4 is 26.0 Å². The predicted octanol–water partition coefficient (Wildman–Crippen LogP) is 3.23. The fraction of sp³-hybridized carbons (Fsp3) is 0.526. The van der Waals surface area contributed by atoms with E-state index in [-0.39, 0.29) is 12.0 Å². The molecule has 7 nitrogen and oxygen atoms in total. The summed E-state index contributed by atoms with van der Waals surface area (Å²) in [5.74, 6) is 2.01. The Kier molecular flexibility index (Phi) is 5.93. The van der Waals surface area contributed by atoms with Crippen LogP contribution in [0.3, 0.4) is 0 Å². The lowest BCUT2D eigenvalue weighted by molar-refractivity contribution is 0.320. The molecule has 1 heterocycles. The highest BCUT2D eigenvalue weighted by molar-refractivity contribution is 9.10. The molecule has 2 aliphatic rings. The summed E-state index contributed by atoms with van der Waals surface area (Å²) in [6.45, 7) is 0. The van der Waals surface area contributed by atoms with Crippen LogP contribution in [0, 0.1) is 17.8 Å². The van der Waals surface area contributed by atoms with Crippen molar-refractivity contribution in [3.8, 4) is 0 Å². The Labute approximate surface area is 173 Å². The van der Waals surface area contributed by atoms with Gasteiger partial charge in [-0.25, -0.2) is 13.1 Å². The van der Waals surface area contributed by atoms with Crippen molar-refractivity contribution < 1.29 is 8.42 Å². The van der Waals surface area contributed by atoms with Gasteiger partial charge in [0.25, 0.3) is 0 Å². The highest BCUT2D eigenvalue weighted by atomic mass is 79.9. The number of hydrogen-bond donors (Lipinski definition) is 2. The Morgan fingerprint density at radius 3 is 2.93 bits per heavy atom. The summed E-state index contributed by atoms with van der Waals surface area (Å²) in [5.41, 5.74) is 0. The zero-order chi connectivity index (χ0) is 19.6. The number of fused-ring (bicyclic) bond motifs is 2. The van der Waals surface area contributed by atoms with Crippen molar-refractivity contribution in [1.82, 2.24) is 25.3 Å². The van der Waals surface area contributed by atoms with Crippen LogP contribution in [0.1, 0.15) is 37.9 Å². The topological polar surface area (TPSA) is 101 Å². The second kappa shape index (κ2) is 8.42. The van der Waals surface area contributed by atoms with Crippen molar-refractivity contribution in [1.29, 1.82) is 0 Å². The number of allylic oxidation sites excluding steroid dienone is 1. The summed E-state index contributed by atoms with van der Waals surface area (Å²) < 4.78 is 29.6. The van der Waals surface area contributed by atoms with E-state index in [1.54, 1.807) is 18.2 Å². The van der Waals surface area contributed by atoms with Crippen molar-refractivity contribution in [2.45, 2.75) is 49.5 Å². The monoisotopic (exact) mass is 465 g/mol. The lowest BCUT2D eigenvalue weighted by atomic mass is 9.84. The van der Waals surface area contributed by atoms with E-state index in [1.165, 1.54) is 6.42 Å². The van der Waals surface area contributed by atoms with Crippen molar-refractivity contribution in [2.24, 2.45) is 17.8 Å². The average molecular weight is 466 g/mol. The number of halogens is 1. The Balaban J connectivity index is 1.40. The van der Waals surface area contributed by atoms with Crippen LogP contribution in [0.2, 0.25) is 0 Å². The Morgan fingerprint density at radius 1 is 1.29 bits per heavy atom. The zero-order valence-corrected chi connectivity index (χ0v) is 17.9. The van der Waals surface area contributed by atoms with Crippen molar-refractivity contribution in [3.05, 3.63) is 46.7 Å². The summed E-state index contributed by atoms with van der Waals surface area (Å²) in [7, 11) is -3.53. The van der Waals surface area contributed by atoms with Gasteiger partial charge >= 0.3 is 0 Å². The number of aromatic nitrogens is 4. The van der Waals surface area contributed by atoms with Gasteiger partial charge in [0.1, 0.15) is 0 Å². The fourth-order valence-electron chi connectivity index (χ4n) is 4.59. The van der Waals surface area contributed by atoms with Crippen LogP contribution in [0.25, 0.3) is 0 Å². The summed E-state index contributed by atoms with van der Waals surface area (Å²) in [5, 5.41) is 13.9. The number of tetrazole rings is 1. The summed E-state index contributed by atoms with van der Waals surface area (Å²) in [4.78, 5) is 0.312. The number of aryl methyl sites for hydroxylation is 1. The SMILES string of the molecule is O=S(=O)(N[C@H]1[C@H]2CC[C@H](C2)[C@@H]1/C=C\CCCc1nn[nH]n1)c1cccc(Br)c1. The molecule has 9 heteroatoms. The molecular weight excluding hydrogens is 442 g/mol. The molecule has 0 amide bonds. The van der Waals surface area contributed by atoms with Gasteiger partial charge in [-0.1, -0.05) is 39.4 Å². The second-order valence-corrected chi connectivity index (χ2v) is 10.3. The third-order valence-corrected chi connectivity index (χ3v) is 7.85. The highest BCUT2D eigenvalue weighted by Crippen LogP contribution is 2.49. The van der Waals surface area contributed by atoms with Crippen molar-refractivity contribution in [3.63, 3.8) is 0 Å². The number of unbranched alkanes of at least 4 members (excludes halogenated alkanes) is 1. The molecule has 2 bridgehead atoms. The fourth-order valence-corrected chi connectivity index (χ4v) is 6.52. The van der Waals surface area contributed by atoms with Crippen LogP contribution in [0.15, 0.2) is 45.8 Å². The van der Waals surface area contributed by atoms with E-state index in [2.05, 4.69) is 53.4 Å². The Bertz CT molecular complexity index is 932. The maximum Gasteiger partial charge on any atom is 0.240 e. The Morgan fingerprint density at radius 2 is 2.14 bits per heavy atom. The molecule has 0 spiro atoms. The number of hydrogen-bond acceptors (Lipinski definition) is 5. The molecule has 0 unspecified atom stereocenters. The molecular formula is C19H24BrN5O2S. The molecule has 0 aliphatic heterocycles. The quantitative estimate of drug-likeness (QED) is 0.460. The van der Waals surface area contributed by atoms with E-state index in [4.69, 9.17) is 0 Å². The average Bonchev–Trinajstić information content (AvgIpc) is 3.40. The van der Waals surface area contributed by atoms with Gasteiger partial charge in [0.2, 0.25) is 10.0 Å². The minimum absolute atomic E-state index is 0.0174. The summed E-state index contributed by atoms with van der Waals surface area (Å²) in [6.07, 6.45) is 10.5. The largest absolute Gasteiger partial charge is 0.240 e. The lowest BCUT2D eigenvalue weighted by Crippen LogP contribution is -2.43. The molecule has 2 N–H and O–H groups in total. The normalized spacial score (nSPS) is 27.0. The number of sulfonamides is 1. The lowest BCUT2D eigenvalue weighted by Gasteiger charge is -2.29. The van der Waals surface area contributed by atoms with E-state index in [0.717, 1.165) is 42.4 Å². The first kappa shape index (κ1) is 19.7. The van der Waals surface area contributed by atoms with Crippen LogP contribution in [-0.2, 0) is 16.4 Å². The number of nitrogens with one attached hydrogen (secondary N) is 2. The first-order valence-electron chi connectivity index (χ1n) is 9.70. The van der Waals surface area contributed by atoms with E-state index in [1.807, 2.05) is 6.07 Å². The molecule has 0 saturated heterocycles. The van der Waals surface area contributed by atoms with E-state index < -0.39 is 10.0 Å². The number of H-pyrrole nitrogens is 1. The number of nitrogens with zero attached hydrogens (tertiary/aromatic N) is 3. The van der Waals surface area contributed by atoms with Gasteiger partial charge in [-0.2, -0.15) is 5.21 Å². The molecule has 0 radical (unpaired) electrons. The molecule has 2 saturated carbocycles. The molecule has 150 valence electrons. The van der Waals surface area contributed by atoms with Gasteiger partial charge in [0, 0.05) is 16.9 Å². The van der Waals surface area contributed by atoms with Gasteiger partial charge in [-0.15, -0.1) is 10.2 Å². The molecule has 28 heavy (non-hydrogen) atoms. The minimum Gasteiger partial charge on any atom is -0.207 e. The van der Waals surface area contributed by atoms with Crippen LogP contribution in [0.5, 0.6) is 0 Å². The summed E-state index contributed by atoms with van der Waals surface area (Å²) in [6, 6.07) is 6.86. The minimum atomic E-state index is -3.53. The van der Waals surface area contributed by atoms with Crippen LogP contribution in [0.4, 0.5) is 0 Å². The molecule has 2 aliphatic carbocycles. The van der Waals surface area contributed by atoms with Gasteiger partial charge in [-0.05, 0) is 68.1 Å². The van der Waals surface area contributed by atoms with Crippen LogP contribution < -0.4 is 4.72 Å². The Hall–Kier alpha value is -1.58. The molecule has 1 aromatic carbocycles. The number of rotatable bonds is 8. The van der Waals surface area contributed by atoms with Crippen LogP contribution in [-0.4, -0.2) is 35.1 Å². The van der Waals surface area contributed by atoms with Gasteiger partial charge in [0.15, 0.2) is 5.82 Å². The first-order valence-corrected chi connectivity index (χ1v) is 12.0. The van der Waals surface area contributed by atoms with E-state index >= 15 is 0 Å². The summed E-state index contributed by atoms with van der Waals surface area (Å²) >= 11 is 3.36. The van der Waals surface area contributed by atoms with Gasteiger partial charge in [-0.3, -0.25) is 0 Å². The zero-order valence-electron chi connectivity index (χ0n) is 15.5. The molecule has 4 rings (SSSR count). The standard InChI is InChI=1S/C19H24BrN5O2S/c20-15-5-4-6-16(12-15)28(26,27)23-19-14-10-9-13(11-14)17(19)7-2-1-3-8-18-21-24-25-22-18/h2,4-7,12-14,17,19,23H,1,3,8-11H2,(H,21,22,24,25)/b7-2-/t13-,14+,17+,19+/m1/s1. The molecule has 4 atom stereocenters.